The number of aliphatic hydroxyl groups excluding tert-OH is 1. The minimum absolute atomic E-state index is 0.0804. The van der Waals surface area contributed by atoms with Crippen LogP contribution in [-0.2, 0) is 4.74 Å². The lowest BCUT2D eigenvalue weighted by molar-refractivity contribution is -0.393. The first-order chi connectivity index (χ1) is 15.3. The number of rotatable bonds is 9. The predicted octanol–water partition coefficient (Wildman–Crippen LogP) is 5.25. The van der Waals surface area contributed by atoms with Crippen LogP contribution in [-0.4, -0.2) is 41.3 Å². The summed E-state index contributed by atoms with van der Waals surface area (Å²) in [6.45, 7) is 0.473. The summed E-state index contributed by atoms with van der Waals surface area (Å²) < 4.78 is 5.00. The maximum absolute atomic E-state index is 11.4. The molecule has 166 valence electrons. The summed E-state index contributed by atoms with van der Waals surface area (Å²) in [7, 11) is 1.51. The average Bonchev–Trinajstić information content (AvgIpc) is 2.76. The lowest BCUT2D eigenvalue weighted by Gasteiger charge is -2.14. The van der Waals surface area contributed by atoms with Crippen LogP contribution in [0.25, 0.3) is 10.8 Å². The number of fused-ring (bicyclic) bond motifs is 1. The zero-order chi connectivity index (χ0) is 23.3. The number of nitro benzene ring substituents is 2. The van der Waals surface area contributed by atoms with E-state index in [2.05, 4.69) is 31.5 Å². The molecule has 11 nitrogen and oxygen atoms in total. The van der Waals surface area contributed by atoms with Crippen LogP contribution >= 0.6 is 15.9 Å². The van der Waals surface area contributed by atoms with Crippen molar-refractivity contribution in [1.82, 2.24) is 0 Å². The first-order valence-corrected chi connectivity index (χ1v) is 10.1. The van der Waals surface area contributed by atoms with Crippen molar-refractivity contribution in [2.75, 3.05) is 25.6 Å². The molecule has 0 aliphatic carbocycles. The van der Waals surface area contributed by atoms with Gasteiger partial charge in [-0.2, -0.15) is 0 Å². The zero-order valence-corrected chi connectivity index (χ0v) is 18.4. The molecule has 12 heteroatoms. The molecule has 3 aromatic carbocycles. The fraction of sp³-hybridized carbons (Fsp3) is 0.200. The van der Waals surface area contributed by atoms with E-state index in [1.165, 1.54) is 7.11 Å². The minimum atomic E-state index is -0.747. The second-order valence-corrected chi connectivity index (χ2v) is 7.53. The molecule has 32 heavy (non-hydrogen) atoms. The van der Waals surface area contributed by atoms with Gasteiger partial charge in [0, 0.05) is 36.2 Å². The predicted molar refractivity (Wildman–Crippen MR) is 122 cm³/mol. The number of nitrogens with one attached hydrogen (secondary N) is 1. The Kier molecular flexibility index (Phi) is 7.41. The topological polar surface area (TPSA) is 152 Å². The Bertz CT molecular complexity index is 1200. The van der Waals surface area contributed by atoms with Crippen molar-refractivity contribution < 1.29 is 19.7 Å². The number of benzene rings is 3. The standard InChI is InChI=1S/C20H18BrN5O6/c1-32-11-13(27)10-22-17-6-7-18(15-5-3-2-4-14(15)17)23-24-20-16(21)8-12(25(28)29)9-19(20)26(30)31/h2-9,13,22,27H,10-11H2,1H3. The first-order valence-electron chi connectivity index (χ1n) is 9.28. The number of ether oxygens (including phenoxy) is 1. The van der Waals surface area contributed by atoms with Crippen LogP contribution in [0, 0.1) is 20.2 Å². The Morgan fingerprint density at radius 2 is 1.81 bits per heavy atom. The highest BCUT2D eigenvalue weighted by molar-refractivity contribution is 9.10. The normalized spacial score (nSPS) is 12.2. The Morgan fingerprint density at radius 3 is 2.47 bits per heavy atom. The molecule has 0 fully saturated rings. The molecule has 0 saturated carbocycles. The summed E-state index contributed by atoms with van der Waals surface area (Å²) in [4.78, 5) is 21.0. The molecule has 0 spiro atoms. The first kappa shape index (κ1) is 23.2. The molecule has 3 rings (SSSR count). The van der Waals surface area contributed by atoms with E-state index in [4.69, 9.17) is 4.74 Å². The number of methoxy groups -OCH3 is 1. The molecule has 0 heterocycles. The van der Waals surface area contributed by atoms with Gasteiger partial charge in [-0.25, -0.2) is 0 Å². The fourth-order valence-electron chi connectivity index (χ4n) is 3.02. The number of aliphatic hydroxyl groups is 1. The van der Waals surface area contributed by atoms with Gasteiger partial charge in [-0.15, -0.1) is 10.2 Å². The van der Waals surface area contributed by atoms with Gasteiger partial charge in [0.2, 0.25) is 0 Å². The van der Waals surface area contributed by atoms with Crippen LogP contribution in [0.15, 0.2) is 63.2 Å². The van der Waals surface area contributed by atoms with Crippen LogP contribution in [0.1, 0.15) is 0 Å². The van der Waals surface area contributed by atoms with E-state index < -0.39 is 27.3 Å². The molecule has 2 N–H and O–H groups in total. The van der Waals surface area contributed by atoms with E-state index >= 15 is 0 Å². The summed E-state index contributed by atoms with van der Waals surface area (Å²) in [5.41, 5.74) is 0.110. The molecule has 1 unspecified atom stereocenters. The quantitative estimate of drug-likeness (QED) is 0.229. The SMILES string of the molecule is COCC(O)CNc1ccc(N=Nc2c(Br)cc([N+](=O)[O-])cc2[N+](=O)[O-])c2ccccc12. The average molecular weight is 504 g/mol. The van der Waals surface area contributed by atoms with Gasteiger partial charge in [0.15, 0.2) is 5.69 Å². The van der Waals surface area contributed by atoms with Crippen molar-refractivity contribution in [3.63, 3.8) is 0 Å². The van der Waals surface area contributed by atoms with E-state index in [0.717, 1.165) is 28.6 Å². The van der Waals surface area contributed by atoms with E-state index in [9.17, 15) is 25.3 Å². The Balaban J connectivity index is 1.99. The van der Waals surface area contributed by atoms with Gasteiger partial charge >= 0.3 is 5.69 Å². The Morgan fingerprint density at radius 1 is 1.09 bits per heavy atom. The number of anilines is 1. The molecule has 0 saturated heterocycles. The van der Waals surface area contributed by atoms with Gasteiger partial charge < -0.3 is 15.2 Å². The van der Waals surface area contributed by atoms with E-state index in [-0.39, 0.29) is 23.3 Å². The molecule has 1 atom stereocenters. The molecule has 0 radical (unpaired) electrons. The van der Waals surface area contributed by atoms with Crippen LogP contribution < -0.4 is 5.32 Å². The highest BCUT2D eigenvalue weighted by Gasteiger charge is 2.23. The third-order valence-corrected chi connectivity index (χ3v) is 5.09. The molecular formula is C20H18BrN5O6. The van der Waals surface area contributed by atoms with E-state index in [0.29, 0.717) is 5.69 Å². The van der Waals surface area contributed by atoms with Crippen LogP contribution in [0.2, 0.25) is 0 Å². The molecule has 0 bridgehead atoms. The second-order valence-electron chi connectivity index (χ2n) is 6.68. The van der Waals surface area contributed by atoms with Gasteiger partial charge in [0.25, 0.3) is 5.69 Å². The van der Waals surface area contributed by atoms with Crippen LogP contribution in [0.5, 0.6) is 0 Å². The summed E-state index contributed by atoms with van der Waals surface area (Å²) >= 11 is 3.11. The van der Waals surface area contributed by atoms with Crippen LogP contribution in [0.4, 0.5) is 28.4 Å². The van der Waals surface area contributed by atoms with Crippen molar-refractivity contribution in [2.45, 2.75) is 6.10 Å². The van der Waals surface area contributed by atoms with Crippen molar-refractivity contribution >= 4 is 55.1 Å². The monoisotopic (exact) mass is 503 g/mol. The number of non-ortho nitro benzene ring substituents is 1. The number of nitrogens with zero attached hydrogens (tertiary/aromatic N) is 4. The third kappa shape index (κ3) is 5.22. The lowest BCUT2D eigenvalue weighted by atomic mass is 10.1. The van der Waals surface area contributed by atoms with Gasteiger partial charge in [-0.3, -0.25) is 20.2 Å². The number of hydrogen-bond donors (Lipinski definition) is 2. The van der Waals surface area contributed by atoms with Crippen molar-refractivity contribution in [1.29, 1.82) is 0 Å². The smallest absolute Gasteiger partial charge is 0.304 e. The van der Waals surface area contributed by atoms with Gasteiger partial charge in [0.1, 0.15) is 0 Å². The molecule has 0 aliphatic heterocycles. The maximum atomic E-state index is 11.4. The minimum Gasteiger partial charge on any atom is -0.389 e. The molecule has 0 aliphatic rings. The van der Waals surface area contributed by atoms with E-state index in [1.807, 2.05) is 24.3 Å². The summed E-state index contributed by atoms with van der Waals surface area (Å²) in [6.07, 6.45) is -0.682. The Labute approximate surface area is 190 Å². The Hall–Kier alpha value is -3.48. The summed E-state index contributed by atoms with van der Waals surface area (Å²) in [5, 5.41) is 45.2. The molecule has 0 aromatic heterocycles. The third-order valence-electron chi connectivity index (χ3n) is 4.48. The largest absolute Gasteiger partial charge is 0.389 e. The van der Waals surface area contributed by atoms with Gasteiger partial charge in [-0.05, 0) is 28.1 Å². The number of azo groups is 1. The lowest BCUT2D eigenvalue weighted by Crippen LogP contribution is -2.24. The number of halogens is 1. The fourth-order valence-corrected chi connectivity index (χ4v) is 3.54. The summed E-state index contributed by atoms with van der Waals surface area (Å²) in [5.74, 6) is 0. The molecule has 0 amide bonds. The highest BCUT2D eigenvalue weighted by atomic mass is 79.9. The number of hydrogen-bond acceptors (Lipinski definition) is 9. The molecular weight excluding hydrogens is 486 g/mol. The van der Waals surface area contributed by atoms with Crippen molar-refractivity contribution in [3.8, 4) is 0 Å². The maximum Gasteiger partial charge on any atom is 0.304 e. The van der Waals surface area contributed by atoms with Gasteiger partial charge in [-0.1, -0.05) is 24.3 Å². The summed E-state index contributed by atoms with van der Waals surface area (Å²) in [6, 6.07) is 12.8. The van der Waals surface area contributed by atoms with Crippen molar-refractivity contribution in [2.24, 2.45) is 10.2 Å². The van der Waals surface area contributed by atoms with E-state index in [1.54, 1.807) is 12.1 Å². The number of nitro groups is 2. The highest BCUT2D eigenvalue weighted by Crippen LogP contribution is 2.40. The second kappa shape index (κ2) is 10.2. The zero-order valence-electron chi connectivity index (χ0n) is 16.8. The van der Waals surface area contributed by atoms with Crippen molar-refractivity contribution in [3.05, 3.63) is 73.2 Å². The van der Waals surface area contributed by atoms with Crippen LogP contribution in [0.3, 0.4) is 0 Å². The molecule has 3 aromatic rings. The van der Waals surface area contributed by atoms with Gasteiger partial charge in [0.05, 0.1) is 38.8 Å².